The highest BCUT2D eigenvalue weighted by Crippen LogP contribution is 2.16. The van der Waals surface area contributed by atoms with Gasteiger partial charge in [0.05, 0.1) is 5.69 Å². The molecule has 0 unspecified atom stereocenters. The molecule has 0 saturated carbocycles. The minimum atomic E-state index is -1.00. The van der Waals surface area contributed by atoms with E-state index in [2.05, 4.69) is 11.9 Å². The Morgan fingerprint density at radius 3 is 3.00 bits per heavy atom. The molecular weight excluding hydrogens is 250 g/mol. The summed E-state index contributed by atoms with van der Waals surface area (Å²) in [6.07, 6.45) is 0.955. The molecule has 0 aliphatic rings. The molecule has 18 heavy (non-hydrogen) atoms. The van der Waals surface area contributed by atoms with E-state index in [0.717, 1.165) is 23.5 Å². The Kier molecular flexibility index (Phi) is 3.94. The Bertz CT molecular complexity index is 551. The molecule has 0 saturated heterocycles. The lowest BCUT2D eigenvalue weighted by Gasteiger charge is -2.05. The third kappa shape index (κ3) is 3.07. The van der Waals surface area contributed by atoms with Gasteiger partial charge in [-0.05, 0) is 24.1 Å². The number of carboxylic acid groups (broad SMARTS) is 1. The van der Waals surface area contributed by atoms with Gasteiger partial charge in [-0.25, -0.2) is 9.78 Å². The fourth-order valence-electron chi connectivity index (χ4n) is 1.48. The van der Waals surface area contributed by atoms with Gasteiger partial charge in [0.15, 0.2) is 0 Å². The van der Waals surface area contributed by atoms with Crippen molar-refractivity contribution in [1.82, 2.24) is 4.98 Å². The molecule has 0 aliphatic heterocycles. The molecule has 0 spiro atoms. The van der Waals surface area contributed by atoms with E-state index in [9.17, 15) is 4.79 Å². The van der Waals surface area contributed by atoms with E-state index in [1.54, 1.807) is 5.38 Å². The minimum Gasteiger partial charge on any atom is -0.487 e. The fraction of sp³-hybridized carbons (Fsp3) is 0.231. The van der Waals surface area contributed by atoms with Crippen LogP contribution in [0.15, 0.2) is 29.6 Å². The Morgan fingerprint density at radius 2 is 2.33 bits per heavy atom. The molecular formula is C13H13NO3S. The molecule has 0 fully saturated rings. The van der Waals surface area contributed by atoms with Crippen LogP contribution in [0.1, 0.15) is 28.0 Å². The molecule has 1 N–H and O–H groups in total. The number of rotatable bonds is 5. The van der Waals surface area contributed by atoms with Gasteiger partial charge >= 0.3 is 5.97 Å². The SMILES string of the molecule is CCc1cccc(OCc2csc(C(=O)O)n2)c1. The number of aromatic nitrogens is 1. The summed E-state index contributed by atoms with van der Waals surface area (Å²) in [5, 5.41) is 10.6. The summed E-state index contributed by atoms with van der Waals surface area (Å²) in [6, 6.07) is 7.84. The summed E-state index contributed by atoms with van der Waals surface area (Å²) in [4.78, 5) is 14.6. The largest absolute Gasteiger partial charge is 0.487 e. The van der Waals surface area contributed by atoms with Crippen LogP contribution >= 0.6 is 11.3 Å². The topological polar surface area (TPSA) is 59.4 Å². The average molecular weight is 263 g/mol. The first kappa shape index (κ1) is 12.6. The van der Waals surface area contributed by atoms with Gasteiger partial charge in [-0.3, -0.25) is 0 Å². The predicted octanol–water partition coefficient (Wildman–Crippen LogP) is 2.98. The van der Waals surface area contributed by atoms with Crippen LogP contribution in [0.2, 0.25) is 0 Å². The van der Waals surface area contributed by atoms with E-state index in [-0.39, 0.29) is 11.6 Å². The van der Waals surface area contributed by atoms with Crippen molar-refractivity contribution in [3.05, 3.63) is 45.9 Å². The van der Waals surface area contributed by atoms with Gasteiger partial charge in [0.1, 0.15) is 12.4 Å². The van der Waals surface area contributed by atoms with Gasteiger partial charge in [0, 0.05) is 5.38 Å². The van der Waals surface area contributed by atoms with Crippen molar-refractivity contribution in [2.24, 2.45) is 0 Å². The number of carbonyl (C=O) groups is 1. The zero-order valence-electron chi connectivity index (χ0n) is 9.92. The Morgan fingerprint density at radius 1 is 1.50 bits per heavy atom. The maximum Gasteiger partial charge on any atom is 0.365 e. The molecule has 94 valence electrons. The van der Waals surface area contributed by atoms with Crippen molar-refractivity contribution in [1.29, 1.82) is 0 Å². The highest BCUT2D eigenvalue weighted by Gasteiger charge is 2.09. The van der Waals surface area contributed by atoms with Crippen molar-refractivity contribution in [2.45, 2.75) is 20.0 Å². The van der Waals surface area contributed by atoms with E-state index in [0.29, 0.717) is 5.69 Å². The van der Waals surface area contributed by atoms with Crippen molar-refractivity contribution < 1.29 is 14.6 Å². The second-order valence-corrected chi connectivity index (χ2v) is 4.60. The van der Waals surface area contributed by atoms with E-state index in [1.807, 2.05) is 24.3 Å². The molecule has 1 aromatic heterocycles. The summed E-state index contributed by atoms with van der Waals surface area (Å²) >= 11 is 1.11. The fourth-order valence-corrected chi connectivity index (χ4v) is 2.12. The van der Waals surface area contributed by atoms with Crippen molar-refractivity contribution in [3.8, 4) is 5.75 Å². The maximum atomic E-state index is 10.7. The molecule has 2 rings (SSSR count). The molecule has 1 aromatic carbocycles. The lowest BCUT2D eigenvalue weighted by molar-refractivity contribution is 0.0696. The lowest BCUT2D eigenvalue weighted by atomic mass is 10.2. The van der Waals surface area contributed by atoms with Crippen molar-refractivity contribution >= 4 is 17.3 Å². The molecule has 0 bridgehead atoms. The summed E-state index contributed by atoms with van der Waals surface area (Å²) in [6.45, 7) is 2.37. The van der Waals surface area contributed by atoms with Crippen LogP contribution in [-0.2, 0) is 13.0 Å². The Labute approximate surface area is 109 Å². The van der Waals surface area contributed by atoms with E-state index in [1.165, 1.54) is 5.56 Å². The number of ether oxygens (including phenoxy) is 1. The van der Waals surface area contributed by atoms with Crippen LogP contribution in [0.3, 0.4) is 0 Å². The quantitative estimate of drug-likeness (QED) is 0.901. The summed E-state index contributed by atoms with van der Waals surface area (Å²) in [5.41, 5.74) is 1.84. The molecule has 1 heterocycles. The lowest BCUT2D eigenvalue weighted by Crippen LogP contribution is -1.99. The van der Waals surface area contributed by atoms with Crippen LogP contribution in [0.4, 0.5) is 0 Å². The standard InChI is InChI=1S/C13H13NO3S/c1-2-9-4-3-5-11(6-9)17-7-10-8-18-12(14-10)13(15)16/h3-6,8H,2,7H2,1H3,(H,15,16). The number of nitrogens with zero attached hydrogens (tertiary/aromatic N) is 1. The number of aryl methyl sites for hydroxylation is 1. The number of thiazole rings is 1. The van der Waals surface area contributed by atoms with Crippen LogP contribution in [0.5, 0.6) is 5.75 Å². The van der Waals surface area contributed by atoms with Crippen LogP contribution in [0.25, 0.3) is 0 Å². The molecule has 5 heteroatoms. The number of hydrogen-bond acceptors (Lipinski definition) is 4. The van der Waals surface area contributed by atoms with Crippen molar-refractivity contribution in [2.75, 3.05) is 0 Å². The first-order valence-corrected chi connectivity index (χ1v) is 6.46. The summed E-state index contributed by atoms with van der Waals surface area (Å²) in [5.74, 6) is -0.224. The monoisotopic (exact) mass is 263 g/mol. The first-order valence-electron chi connectivity index (χ1n) is 5.58. The minimum absolute atomic E-state index is 0.0934. The average Bonchev–Trinajstić information content (AvgIpc) is 2.85. The van der Waals surface area contributed by atoms with E-state index in [4.69, 9.17) is 9.84 Å². The van der Waals surface area contributed by atoms with Gasteiger partial charge in [-0.1, -0.05) is 19.1 Å². The normalized spacial score (nSPS) is 10.3. The number of hydrogen-bond donors (Lipinski definition) is 1. The zero-order chi connectivity index (χ0) is 13.0. The van der Waals surface area contributed by atoms with E-state index < -0.39 is 5.97 Å². The van der Waals surface area contributed by atoms with Crippen molar-refractivity contribution in [3.63, 3.8) is 0 Å². The molecule has 0 radical (unpaired) electrons. The van der Waals surface area contributed by atoms with Crippen LogP contribution in [0, 0.1) is 0 Å². The van der Waals surface area contributed by atoms with Gasteiger partial charge in [-0.2, -0.15) is 0 Å². The van der Waals surface area contributed by atoms with Gasteiger partial charge in [0.25, 0.3) is 0 Å². The molecule has 0 aliphatic carbocycles. The predicted molar refractivity (Wildman–Crippen MR) is 69.2 cm³/mol. The first-order chi connectivity index (χ1) is 8.69. The third-order valence-corrected chi connectivity index (χ3v) is 3.31. The number of carboxylic acids is 1. The molecule has 4 nitrogen and oxygen atoms in total. The number of benzene rings is 1. The Balaban J connectivity index is 1.99. The van der Waals surface area contributed by atoms with E-state index >= 15 is 0 Å². The Hall–Kier alpha value is -1.88. The number of aromatic carboxylic acids is 1. The highest BCUT2D eigenvalue weighted by molar-refractivity contribution is 7.11. The third-order valence-electron chi connectivity index (χ3n) is 2.43. The smallest absolute Gasteiger partial charge is 0.365 e. The second kappa shape index (κ2) is 5.64. The van der Waals surface area contributed by atoms with Crippen LogP contribution in [-0.4, -0.2) is 16.1 Å². The maximum absolute atomic E-state index is 10.7. The van der Waals surface area contributed by atoms with Gasteiger partial charge in [0.2, 0.25) is 5.01 Å². The van der Waals surface area contributed by atoms with Gasteiger partial charge < -0.3 is 9.84 Å². The highest BCUT2D eigenvalue weighted by atomic mass is 32.1. The second-order valence-electron chi connectivity index (χ2n) is 3.74. The molecule has 0 amide bonds. The van der Waals surface area contributed by atoms with Gasteiger partial charge in [-0.15, -0.1) is 11.3 Å². The summed E-state index contributed by atoms with van der Waals surface area (Å²) in [7, 11) is 0. The molecule has 2 aromatic rings. The zero-order valence-corrected chi connectivity index (χ0v) is 10.7. The molecule has 0 atom stereocenters. The summed E-state index contributed by atoms with van der Waals surface area (Å²) < 4.78 is 5.58. The van der Waals surface area contributed by atoms with Crippen LogP contribution < -0.4 is 4.74 Å².